The smallest absolute Gasteiger partial charge is 0.344 e. The van der Waals surface area contributed by atoms with Gasteiger partial charge in [-0.25, -0.2) is 14.4 Å². The van der Waals surface area contributed by atoms with Crippen molar-refractivity contribution in [2.24, 2.45) is 5.92 Å². The number of carbonyl (C=O) groups excluding carboxylic acids is 3. The van der Waals surface area contributed by atoms with Crippen LogP contribution in [0.4, 0.5) is 0 Å². The van der Waals surface area contributed by atoms with Crippen LogP contribution in [0.5, 0.6) is 23.0 Å². The quantitative estimate of drug-likeness (QED) is 0.0247. The molecule has 4 aromatic carbocycles. The van der Waals surface area contributed by atoms with Gasteiger partial charge in [0.1, 0.15) is 23.0 Å². The maximum absolute atomic E-state index is 13.1. The average Bonchev–Trinajstić information content (AvgIpc) is 3.88. The molecule has 8 nitrogen and oxygen atoms in total. The summed E-state index contributed by atoms with van der Waals surface area (Å²) in [5, 5.41) is -0.273. The number of unbranched alkanes of at least 4 members (excludes halogenated alkanes) is 22. The molecule has 0 saturated carbocycles. The molecule has 0 aliphatic carbocycles. The molecule has 0 bridgehead atoms. The lowest BCUT2D eigenvalue weighted by Crippen LogP contribution is -2.15. The van der Waals surface area contributed by atoms with Gasteiger partial charge in [-0.05, 0) is 115 Å². The average molecular weight is 1030 g/mol. The van der Waals surface area contributed by atoms with Gasteiger partial charge < -0.3 is 23.7 Å². The van der Waals surface area contributed by atoms with Crippen LogP contribution in [0.3, 0.4) is 0 Å². The van der Waals surface area contributed by atoms with Crippen LogP contribution in [-0.2, 0) is 9.53 Å². The topological polar surface area (TPSA) is 97.4 Å². The first-order valence-corrected chi connectivity index (χ1v) is 29.1. The lowest BCUT2D eigenvalue weighted by atomic mass is 9.86. The van der Waals surface area contributed by atoms with Crippen molar-refractivity contribution >= 4 is 40.8 Å². The van der Waals surface area contributed by atoms with Gasteiger partial charge in [-0.3, -0.25) is 0 Å². The molecular weight excluding hydrogens is 941 g/mol. The fraction of sp³-hybridized carbons (Fsp3) is 0.492. The van der Waals surface area contributed by atoms with Crippen LogP contribution in [-0.4, -0.2) is 43.0 Å². The van der Waals surface area contributed by atoms with Gasteiger partial charge in [-0.15, -0.1) is 11.8 Å². The largest absolute Gasteiger partial charge is 0.494 e. The fourth-order valence-electron chi connectivity index (χ4n) is 9.19. The summed E-state index contributed by atoms with van der Waals surface area (Å²) in [6, 6.07) is 28.6. The monoisotopic (exact) mass is 1030 g/mol. The molecule has 0 aromatic heterocycles. The molecule has 400 valence electrons. The number of benzene rings is 4. The lowest BCUT2D eigenvalue weighted by Gasteiger charge is -2.23. The van der Waals surface area contributed by atoms with E-state index in [1.807, 2.05) is 54.6 Å². The normalized spacial score (nSPS) is 14.0. The molecule has 0 amide bonds. The number of esters is 3. The molecule has 9 heteroatoms. The number of ether oxygens (including phenoxy) is 5. The van der Waals surface area contributed by atoms with Crippen LogP contribution >= 0.6 is 11.8 Å². The van der Waals surface area contributed by atoms with E-state index in [1.165, 1.54) is 140 Å². The Morgan fingerprint density at radius 3 is 1.09 bits per heavy atom. The lowest BCUT2D eigenvalue weighted by molar-refractivity contribution is -0.137. The van der Waals surface area contributed by atoms with Crippen LogP contribution in [0, 0.1) is 5.92 Å². The Morgan fingerprint density at radius 2 is 0.730 bits per heavy atom. The number of thioether (sulfide) groups is 1. The van der Waals surface area contributed by atoms with Gasteiger partial charge >= 0.3 is 17.9 Å². The van der Waals surface area contributed by atoms with Crippen molar-refractivity contribution in [2.45, 2.75) is 180 Å². The molecule has 0 saturated heterocycles. The number of allylic oxidation sites excluding steroid dienone is 2. The van der Waals surface area contributed by atoms with Crippen molar-refractivity contribution in [1.82, 2.24) is 0 Å². The molecule has 0 N–H and O–H groups in total. The van der Waals surface area contributed by atoms with Crippen molar-refractivity contribution in [3.05, 3.63) is 143 Å². The highest BCUT2D eigenvalue weighted by Gasteiger charge is 2.36. The van der Waals surface area contributed by atoms with E-state index in [9.17, 15) is 14.4 Å². The van der Waals surface area contributed by atoms with Gasteiger partial charge in [-0.1, -0.05) is 199 Å². The van der Waals surface area contributed by atoms with E-state index in [0.29, 0.717) is 40.7 Å². The van der Waals surface area contributed by atoms with Crippen LogP contribution < -0.4 is 18.9 Å². The van der Waals surface area contributed by atoms with Crippen molar-refractivity contribution in [1.29, 1.82) is 0 Å². The zero-order chi connectivity index (χ0) is 52.6. The number of rotatable bonds is 38. The third kappa shape index (κ3) is 21.4. The first-order valence-electron chi connectivity index (χ1n) is 28.2. The molecule has 4 aromatic rings. The second-order valence-electron chi connectivity index (χ2n) is 19.7. The van der Waals surface area contributed by atoms with E-state index < -0.39 is 17.9 Å². The molecule has 74 heavy (non-hydrogen) atoms. The highest BCUT2D eigenvalue weighted by atomic mass is 32.2. The summed E-state index contributed by atoms with van der Waals surface area (Å²) in [5.41, 5.74) is 4.06. The van der Waals surface area contributed by atoms with E-state index in [4.69, 9.17) is 23.7 Å². The summed E-state index contributed by atoms with van der Waals surface area (Å²) in [4.78, 5) is 39.7. The summed E-state index contributed by atoms with van der Waals surface area (Å²) in [7, 11) is 0. The number of hydrogen-bond acceptors (Lipinski definition) is 9. The Hall–Kier alpha value is -5.54. The first-order chi connectivity index (χ1) is 36.2. The van der Waals surface area contributed by atoms with Crippen LogP contribution in [0.25, 0.3) is 11.1 Å². The molecule has 5 rings (SSSR count). The molecule has 1 aliphatic rings. The van der Waals surface area contributed by atoms with Gasteiger partial charge in [0, 0.05) is 11.2 Å². The summed E-state index contributed by atoms with van der Waals surface area (Å²) in [6.45, 7) is 16.8. The third-order valence-corrected chi connectivity index (χ3v) is 15.1. The molecule has 0 fully saturated rings. The summed E-state index contributed by atoms with van der Waals surface area (Å²) < 4.78 is 28.8. The fourth-order valence-corrected chi connectivity index (χ4v) is 10.5. The number of hydrogen-bond donors (Lipinski definition) is 0. The standard InChI is InChI=1S/C65H86O8S/c1-6-9-11-13-15-17-19-21-23-25-27-29-47-70-56-39-35-54(36-40-56)63(66)72-58-43-31-52(32-44-58)50(4)60-49-61(65(68)69-8-3)74-62(60)51(5)53-33-45-59(46-34-53)73-64(67)55-37-41-57(42-38-55)71-48-30-28-26-24-22-20-18-16-14-12-10-7-2/h31-46,49,60,62H,4-30,47-48H2,1-3H3/t60-,62-/m1/s1. The SMILES string of the molecule is C=C(c1ccc(OC(=O)c2ccc(OCCCCCCCCCCCCCC)cc2)cc1)[C@H]1C=C(C(=O)OCC)S[C@@H]1C(=C)c1ccc(OC(=O)c2ccc(OCCCCCCCCCCCCCC)cc2)cc1. The van der Waals surface area contributed by atoms with Crippen LogP contribution in [0.2, 0.25) is 0 Å². The molecule has 0 radical (unpaired) electrons. The van der Waals surface area contributed by atoms with Crippen molar-refractivity contribution in [2.75, 3.05) is 19.8 Å². The molecular formula is C65H86O8S. The van der Waals surface area contributed by atoms with Gasteiger partial charge in [0.25, 0.3) is 0 Å². The Morgan fingerprint density at radius 1 is 0.405 bits per heavy atom. The van der Waals surface area contributed by atoms with Gasteiger partial charge in [0.15, 0.2) is 0 Å². The van der Waals surface area contributed by atoms with Crippen molar-refractivity contribution in [3.8, 4) is 23.0 Å². The third-order valence-electron chi connectivity index (χ3n) is 13.7. The predicted molar refractivity (Wildman–Crippen MR) is 306 cm³/mol. The predicted octanol–water partition coefficient (Wildman–Crippen LogP) is 18.2. The maximum atomic E-state index is 13.1. The van der Waals surface area contributed by atoms with Crippen LogP contribution in [0.15, 0.2) is 121 Å². The summed E-state index contributed by atoms with van der Waals surface area (Å²) in [5.74, 6) is 0.652. The van der Waals surface area contributed by atoms with E-state index in [2.05, 4.69) is 27.0 Å². The van der Waals surface area contributed by atoms with E-state index >= 15 is 0 Å². The van der Waals surface area contributed by atoms with Crippen LogP contribution in [0.1, 0.15) is 207 Å². The van der Waals surface area contributed by atoms with Gasteiger partial charge in [0.05, 0.1) is 35.9 Å². The zero-order valence-electron chi connectivity index (χ0n) is 45.1. The number of carbonyl (C=O) groups is 3. The van der Waals surface area contributed by atoms with Gasteiger partial charge in [0.2, 0.25) is 0 Å². The Balaban J connectivity index is 1.04. The summed E-state index contributed by atoms with van der Waals surface area (Å²) in [6.07, 6.45) is 33.1. The minimum absolute atomic E-state index is 0.253. The van der Waals surface area contributed by atoms with E-state index in [0.717, 1.165) is 59.5 Å². The second-order valence-corrected chi connectivity index (χ2v) is 20.9. The summed E-state index contributed by atoms with van der Waals surface area (Å²) >= 11 is 1.39. The Labute approximate surface area is 449 Å². The van der Waals surface area contributed by atoms with Crippen molar-refractivity contribution in [3.63, 3.8) is 0 Å². The minimum atomic E-state index is -0.463. The Kier molecular flexibility index (Phi) is 27.9. The van der Waals surface area contributed by atoms with E-state index in [-0.39, 0.29) is 17.8 Å². The molecule has 1 heterocycles. The minimum Gasteiger partial charge on any atom is -0.494 e. The maximum Gasteiger partial charge on any atom is 0.344 e. The highest BCUT2D eigenvalue weighted by Crippen LogP contribution is 2.48. The molecule has 0 spiro atoms. The zero-order valence-corrected chi connectivity index (χ0v) is 46.0. The Bertz CT molecular complexity index is 2300. The molecule has 0 unspecified atom stereocenters. The van der Waals surface area contributed by atoms with Crippen molar-refractivity contribution < 1.29 is 38.1 Å². The van der Waals surface area contributed by atoms with Gasteiger partial charge in [-0.2, -0.15) is 0 Å². The molecule has 1 aliphatic heterocycles. The first kappa shape index (κ1) is 59.3. The second kappa shape index (κ2) is 34.9. The van der Waals surface area contributed by atoms with E-state index in [1.54, 1.807) is 55.5 Å². The molecule has 2 atom stereocenters. The highest BCUT2D eigenvalue weighted by molar-refractivity contribution is 8.05.